The third kappa shape index (κ3) is 46.6. The van der Waals surface area contributed by atoms with Gasteiger partial charge in [-0.25, -0.2) is 0 Å². The molecule has 0 fully saturated rings. The molecule has 7 heteroatoms. The molecule has 0 aromatic rings. The van der Waals surface area contributed by atoms with Crippen molar-refractivity contribution in [2.45, 2.75) is 152 Å². The summed E-state index contributed by atoms with van der Waals surface area (Å²) in [6.07, 6.45) is 21.4. The zero-order valence-electron chi connectivity index (χ0n) is 25.0. The van der Waals surface area contributed by atoms with E-state index < -0.39 is 0 Å². The molecule has 0 atom stereocenters. The van der Waals surface area contributed by atoms with Crippen molar-refractivity contribution in [3.05, 3.63) is 0 Å². The Morgan fingerprint density at radius 1 is 0.514 bits per heavy atom. The molecule has 0 aliphatic rings. The molecule has 37 heavy (non-hydrogen) atoms. The van der Waals surface area contributed by atoms with Crippen LogP contribution in [-0.4, -0.2) is 57.8 Å². The summed E-state index contributed by atoms with van der Waals surface area (Å²) >= 11 is 8.07. The van der Waals surface area contributed by atoms with Crippen LogP contribution in [0.5, 0.6) is 0 Å². The molecule has 0 amide bonds. The number of esters is 2. The van der Waals surface area contributed by atoms with Crippen LogP contribution in [0.15, 0.2) is 0 Å². The molecule has 0 saturated heterocycles. The molecular formula is C30H62O4S2Sn. The fourth-order valence-corrected chi connectivity index (χ4v) is 7.72. The van der Waals surface area contributed by atoms with Crippen LogP contribution in [0.1, 0.15) is 143 Å². The number of thiol groups is 2. The second-order valence-corrected chi connectivity index (χ2v) is 14.6. The molecule has 0 aromatic heterocycles. The summed E-state index contributed by atoms with van der Waals surface area (Å²) in [4.78, 5) is 21.8. The van der Waals surface area contributed by atoms with Crippen molar-refractivity contribution in [1.82, 2.24) is 0 Å². The average Bonchev–Trinajstić information content (AvgIpc) is 2.89. The van der Waals surface area contributed by atoms with E-state index in [1.807, 2.05) is 0 Å². The average molecular weight is 670 g/mol. The standard InChI is InChI=1S/2C11H22O2S.2C4H9.Sn/c2*1-2-3-4-5-6-7-9-13-11(12)8-10-14;2*1-3-4-2;/h2*14H,2-10H2,1H3;2*1,3-4H2,2H3;. The Labute approximate surface area is 253 Å². The molecule has 4 nitrogen and oxygen atoms in total. The van der Waals surface area contributed by atoms with E-state index in [-0.39, 0.29) is 33.1 Å². The van der Waals surface area contributed by atoms with Gasteiger partial charge in [0.1, 0.15) is 0 Å². The van der Waals surface area contributed by atoms with E-state index in [1.54, 1.807) is 8.87 Å². The summed E-state index contributed by atoms with van der Waals surface area (Å²) in [6.45, 7) is 10.2. The molecule has 0 saturated carbocycles. The van der Waals surface area contributed by atoms with Gasteiger partial charge in [0.05, 0.1) is 26.1 Å². The summed E-state index contributed by atoms with van der Waals surface area (Å²) in [5.74, 6) is 0.923. The van der Waals surface area contributed by atoms with Crippen LogP contribution in [0, 0.1) is 0 Å². The first-order valence-electron chi connectivity index (χ1n) is 15.3. The molecule has 0 aliphatic carbocycles. The molecule has 0 unspecified atom stereocenters. The van der Waals surface area contributed by atoms with Crippen LogP contribution in [-0.2, 0) is 19.1 Å². The molecule has 0 bridgehead atoms. The van der Waals surface area contributed by atoms with Gasteiger partial charge in [0, 0.05) is 11.5 Å². The van der Waals surface area contributed by atoms with E-state index in [9.17, 15) is 9.59 Å². The van der Waals surface area contributed by atoms with Crippen LogP contribution in [0.2, 0.25) is 8.87 Å². The van der Waals surface area contributed by atoms with Gasteiger partial charge in [0.2, 0.25) is 0 Å². The van der Waals surface area contributed by atoms with Crippen molar-refractivity contribution in [1.29, 1.82) is 0 Å². The number of ether oxygens (including phenoxy) is 2. The van der Waals surface area contributed by atoms with Gasteiger partial charge in [-0.15, -0.1) is 0 Å². The van der Waals surface area contributed by atoms with Crippen molar-refractivity contribution >= 4 is 58.3 Å². The van der Waals surface area contributed by atoms with Crippen LogP contribution in [0.25, 0.3) is 0 Å². The quantitative estimate of drug-likeness (QED) is 0.0465. The van der Waals surface area contributed by atoms with E-state index in [2.05, 4.69) is 53.0 Å². The van der Waals surface area contributed by atoms with Gasteiger partial charge in [-0.3, -0.25) is 9.59 Å². The third-order valence-electron chi connectivity index (χ3n) is 5.57. The molecule has 0 aliphatic heterocycles. The van der Waals surface area contributed by atoms with E-state index >= 15 is 0 Å². The fraction of sp³-hybridized carbons (Fsp3) is 0.933. The first kappa shape index (κ1) is 41.9. The number of rotatable bonds is 24. The Kier molecular flexibility index (Phi) is 46.4. The molecular weight excluding hydrogens is 607 g/mol. The number of hydrogen-bond donors (Lipinski definition) is 2. The van der Waals surface area contributed by atoms with Gasteiger partial charge in [-0.2, -0.15) is 25.3 Å². The zero-order chi connectivity index (χ0) is 28.2. The summed E-state index contributed by atoms with van der Waals surface area (Å²) in [6, 6.07) is 0. The van der Waals surface area contributed by atoms with Gasteiger partial charge in [0.25, 0.3) is 0 Å². The Hall–Kier alpha value is 0.439. The van der Waals surface area contributed by atoms with Crippen molar-refractivity contribution in [2.75, 3.05) is 24.7 Å². The number of unbranched alkanes of at least 4 members (excludes halogenated alkanes) is 12. The number of carbonyl (C=O) groups excluding carboxylic acids is 2. The first-order chi connectivity index (χ1) is 18.0. The van der Waals surface area contributed by atoms with Crippen molar-refractivity contribution < 1.29 is 19.1 Å². The minimum atomic E-state index is -0.117. The van der Waals surface area contributed by atoms with Crippen LogP contribution < -0.4 is 0 Å². The predicted molar refractivity (Wildman–Crippen MR) is 171 cm³/mol. The molecule has 222 valence electrons. The van der Waals surface area contributed by atoms with Gasteiger partial charge in [-0.05, 0) is 12.8 Å². The first-order valence-corrected chi connectivity index (χ1v) is 20.6. The summed E-state index contributed by atoms with van der Waals surface area (Å²) in [5.41, 5.74) is 0. The van der Waals surface area contributed by atoms with Crippen LogP contribution >= 0.6 is 25.3 Å². The fourth-order valence-electron chi connectivity index (χ4n) is 3.19. The Morgan fingerprint density at radius 3 is 1.16 bits per heavy atom. The van der Waals surface area contributed by atoms with E-state index in [0.717, 1.165) is 12.8 Å². The maximum absolute atomic E-state index is 10.9. The van der Waals surface area contributed by atoms with Crippen molar-refractivity contribution in [3.8, 4) is 0 Å². The normalized spacial score (nSPS) is 10.1. The van der Waals surface area contributed by atoms with E-state index in [4.69, 9.17) is 9.47 Å². The van der Waals surface area contributed by atoms with Gasteiger partial charge >= 0.3 is 81.5 Å². The van der Waals surface area contributed by atoms with Gasteiger partial charge < -0.3 is 9.47 Å². The monoisotopic (exact) mass is 670 g/mol. The van der Waals surface area contributed by atoms with Gasteiger partial charge in [-0.1, -0.05) is 78.1 Å². The number of carbonyl (C=O) groups is 2. The summed E-state index contributed by atoms with van der Waals surface area (Å²) in [5, 5.41) is 0. The number of hydrogen-bond acceptors (Lipinski definition) is 6. The van der Waals surface area contributed by atoms with Crippen LogP contribution in [0.4, 0.5) is 0 Å². The Bertz CT molecular complexity index is 402. The van der Waals surface area contributed by atoms with Crippen LogP contribution in [0.3, 0.4) is 0 Å². The van der Waals surface area contributed by atoms with Crippen molar-refractivity contribution in [2.24, 2.45) is 0 Å². The summed E-state index contributed by atoms with van der Waals surface area (Å²) in [7, 11) is 0. The minimum absolute atomic E-state index is 0.117. The summed E-state index contributed by atoms with van der Waals surface area (Å²) < 4.78 is 13.3. The van der Waals surface area contributed by atoms with Gasteiger partial charge in [0.15, 0.2) is 0 Å². The second-order valence-electron chi connectivity index (χ2n) is 9.38. The maximum atomic E-state index is 10.9. The van der Waals surface area contributed by atoms with Crippen molar-refractivity contribution in [3.63, 3.8) is 0 Å². The Balaban J connectivity index is -0.000000481. The third-order valence-corrected chi connectivity index (χ3v) is 10.1. The molecule has 0 aromatic carbocycles. The molecule has 2 radical (unpaired) electrons. The molecule has 0 spiro atoms. The Morgan fingerprint density at radius 2 is 0.838 bits per heavy atom. The molecule has 0 heterocycles. The second kappa shape index (κ2) is 40.9. The predicted octanol–water partition coefficient (Wildman–Crippen LogP) is 9.55. The zero-order valence-corrected chi connectivity index (χ0v) is 29.6. The van der Waals surface area contributed by atoms with E-state index in [0.29, 0.717) is 37.6 Å². The SMILES string of the molecule is CCCCCCCCOC(=O)CCS.CCCCCCCCOC(=O)CCS.CCC[CH2][Sn][CH2]CCC. The topological polar surface area (TPSA) is 52.6 Å². The molecule has 0 rings (SSSR count). The molecule has 0 N–H and O–H groups in total. The van der Waals surface area contributed by atoms with E-state index in [1.165, 1.54) is 89.9 Å².